The molecule has 1 rings (SSSR count). The molecule has 1 aromatic rings. The zero-order chi connectivity index (χ0) is 11.4. The Morgan fingerprint density at radius 1 is 1.56 bits per heavy atom. The number of hydrogen-bond donors (Lipinski definition) is 2. The Morgan fingerprint density at radius 3 is 2.69 bits per heavy atom. The first kappa shape index (κ1) is 15.4. The summed E-state index contributed by atoms with van der Waals surface area (Å²) in [6.45, 7) is 4.21. The largest absolute Gasteiger partial charge is 0.351 e. The summed E-state index contributed by atoms with van der Waals surface area (Å²) in [7, 11) is 0. The van der Waals surface area contributed by atoms with Crippen molar-refractivity contribution in [3.63, 3.8) is 0 Å². The average molecular weight is 308 g/mol. The second-order valence-corrected chi connectivity index (χ2v) is 4.49. The molecule has 0 saturated heterocycles. The molecule has 1 atom stereocenters. The number of carbonyl (C=O) groups excluding carboxylic acids is 1. The summed E-state index contributed by atoms with van der Waals surface area (Å²) in [5, 5.41) is 2.78. The first-order valence-electron chi connectivity index (χ1n) is 4.79. The maximum absolute atomic E-state index is 11.2. The van der Waals surface area contributed by atoms with Crippen LogP contribution in [0.3, 0.4) is 0 Å². The first-order chi connectivity index (χ1) is 7.00. The zero-order valence-corrected chi connectivity index (χ0v) is 11.7. The fourth-order valence-corrected chi connectivity index (χ4v) is 1.68. The highest BCUT2D eigenvalue weighted by atomic mass is 79.9. The van der Waals surface area contributed by atoms with Gasteiger partial charge in [0.1, 0.15) is 0 Å². The first-order valence-corrected chi connectivity index (χ1v) is 5.58. The fraction of sp³-hybridized carbons (Fsp3) is 0.364. The van der Waals surface area contributed by atoms with E-state index in [0.29, 0.717) is 6.54 Å². The summed E-state index contributed by atoms with van der Waals surface area (Å²) in [5.74, 6) is -0.127. The highest BCUT2D eigenvalue weighted by Crippen LogP contribution is 2.15. The minimum atomic E-state index is -0.458. The minimum Gasteiger partial charge on any atom is -0.351 e. The van der Waals surface area contributed by atoms with Gasteiger partial charge in [0.15, 0.2) is 0 Å². The molecule has 16 heavy (non-hydrogen) atoms. The number of rotatable bonds is 3. The summed E-state index contributed by atoms with van der Waals surface area (Å²) < 4.78 is 1.04. The third kappa shape index (κ3) is 4.51. The molecule has 0 heterocycles. The van der Waals surface area contributed by atoms with Crippen molar-refractivity contribution in [3.05, 3.63) is 33.8 Å². The molecule has 1 unspecified atom stereocenters. The third-order valence-corrected chi connectivity index (χ3v) is 2.66. The van der Waals surface area contributed by atoms with Crippen LogP contribution in [-0.4, -0.2) is 11.9 Å². The number of aryl methyl sites for hydroxylation is 1. The van der Waals surface area contributed by atoms with Crippen LogP contribution in [0.1, 0.15) is 18.1 Å². The second-order valence-electron chi connectivity index (χ2n) is 3.58. The van der Waals surface area contributed by atoms with Gasteiger partial charge in [-0.3, -0.25) is 4.79 Å². The summed E-state index contributed by atoms with van der Waals surface area (Å²) in [5.41, 5.74) is 7.69. The molecule has 1 amide bonds. The Labute approximate surface area is 110 Å². The van der Waals surface area contributed by atoms with Crippen molar-refractivity contribution in [2.45, 2.75) is 26.4 Å². The lowest BCUT2D eigenvalue weighted by Gasteiger charge is -2.10. The summed E-state index contributed by atoms with van der Waals surface area (Å²) in [4.78, 5) is 11.2. The van der Waals surface area contributed by atoms with Crippen LogP contribution in [0.25, 0.3) is 0 Å². The Morgan fingerprint density at radius 2 is 2.19 bits per heavy atom. The molecule has 0 aromatic heterocycles. The number of benzene rings is 1. The Balaban J connectivity index is 0.00000225. The van der Waals surface area contributed by atoms with Crippen LogP contribution >= 0.6 is 28.3 Å². The molecule has 0 aliphatic rings. The van der Waals surface area contributed by atoms with E-state index >= 15 is 0 Å². The Bertz CT molecular complexity index is 369. The van der Waals surface area contributed by atoms with Gasteiger partial charge in [0.2, 0.25) is 5.91 Å². The topological polar surface area (TPSA) is 55.1 Å². The lowest BCUT2D eigenvalue weighted by molar-refractivity contribution is -0.122. The number of hydrogen-bond acceptors (Lipinski definition) is 2. The third-order valence-electron chi connectivity index (χ3n) is 2.17. The van der Waals surface area contributed by atoms with E-state index in [1.807, 2.05) is 25.1 Å². The maximum atomic E-state index is 11.2. The molecule has 3 nitrogen and oxygen atoms in total. The van der Waals surface area contributed by atoms with Crippen molar-refractivity contribution in [2.75, 3.05) is 0 Å². The molecule has 0 saturated carbocycles. The number of carbonyl (C=O) groups is 1. The molecule has 0 bridgehead atoms. The number of nitrogens with two attached hydrogens (primary N) is 1. The van der Waals surface area contributed by atoms with Gasteiger partial charge in [0.05, 0.1) is 6.04 Å². The molecule has 0 fully saturated rings. The van der Waals surface area contributed by atoms with Gasteiger partial charge in [-0.15, -0.1) is 12.4 Å². The molecule has 3 N–H and O–H groups in total. The minimum absolute atomic E-state index is 0. The van der Waals surface area contributed by atoms with Gasteiger partial charge >= 0.3 is 0 Å². The van der Waals surface area contributed by atoms with Crippen molar-refractivity contribution in [3.8, 4) is 0 Å². The van der Waals surface area contributed by atoms with Crippen molar-refractivity contribution in [1.29, 1.82) is 0 Å². The molecular formula is C11H16BrClN2O. The Kier molecular flexibility index (Phi) is 6.64. The summed E-state index contributed by atoms with van der Waals surface area (Å²) >= 11 is 3.39. The van der Waals surface area contributed by atoms with Gasteiger partial charge in [-0.05, 0) is 37.1 Å². The summed E-state index contributed by atoms with van der Waals surface area (Å²) in [6, 6.07) is 5.51. The van der Waals surface area contributed by atoms with E-state index in [9.17, 15) is 4.79 Å². The molecule has 1 aromatic carbocycles. The second kappa shape index (κ2) is 6.89. The molecule has 0 radical (unpaired) electrons. The highest BCUT2D eigenvalue weighted by molar-refractivity contribution is 9.10. The van der Waals surface area contributed by atoms with E-state index in [1.54, 1.807) is 6.92 Å². The van der Waals surface area contributed by atoms with Crippen LogP contribution in [0.15, 0.2) is 22.7 Å². The predicted molar refractivity (Wildman–Crippen MR) is 71.6 cm³/mol. The predicted octanol–water partition coefficient (Wildman–Crippen LogP) is 2.14. The van der Waals surface area contributed by atoms with E-state index in [0.717, 1.165) is 15.6 Å². The van der Waals surface area contributed by atoms with Crippen molar-refractivity contribution >= 4 is 34.2 Å². The van der Waals surface area contributed by atoms with Crippen LogP contribution < -0.4 is 11.1 Å². The quantitative estimate of drug-likeness (QED) is 0.899. The summed E-state index contributed by atoms with van der Waals surface area (Å²) in [6.07, 6.45) is 0. The molecule has 90 valence electrons. The van der Waals surface area contributed by atoms with Gasteiger partial charge in [0.25, 0.3) is 0 Å². The van der Waals surface area contributed by atoms with Gasteiger partial charge in [-0.25, -0.2) is 0 Å². The van der Waals surface area contributed by atoms with E-state index < -0.39 is 6.04 Å². The molecular weight excluding hydrogens is 291 g/mol. The lowest BCUT2D eigenvalue weighted by Crippen LogP contribution is -2.37. The van der Waals surface area contributed by atoms with Crippen molar-refractivity contribution in [2.24, 2.45) is 5.73 Å². The zero-order valence-electron chi connectivity index (χ0n) is 9.29. The number of nitrogens with one attached hydrogen (secondary N) is 1. The van der Waals surface area contributed by atoms with E-state index in [-0.39, 0.29) is 18.3 Å². The van der Waals surface area contributed by atoms with Crippen LogP contribution in [-0.2, 0) is 11.3 Å². The average Bonchev–Trinajstić information content (AvgIpc) is 2.15. The van der Waals surface area contributed by atoms with Crippen LogP contribution in [0.5, 0.6) is 0 Å². The van der Waals surface area contributed by atoms with Crippen LogP contribution in [0.4, 0.5) is 0 Å². The molecule has 5 heteroatoms. The van der Waals surface area contributed by atoms with Crippen molar-refractivity contribution in [1.82, 2.24) is 5.32 Å². The molecule has 0 aliphatic carbocycles. The highest BCUT2D eigenvalue weighted by Gasteiger charge is 2.07. The maximum Gasteiger partial charge on any atom is 0.236 e. The standard InChI is InChI=1S/C11H15BrN2O.ClH/c1-7-5-10(12)4-3-9(7)6-14-11(15)8(2)13;/h3-5,8H,6,13H2,1-2H3,(H,14,15);1H. The number of halogens is 2. The van der Waals surface area contributed by atoms with E-state index in [1.165, 1.54) is 0 Å². The van der Waals surface area contributed by atoms with Crippen LogP contribution in [0, 0.1) is 6.92 Å². The molecule has 0 spiro atoms. The van der Waals surface area contributed by atoms with Gasteiger partial charge in [0, 0.05) is 11.0 Å². The number of amides is 1. The lowest BCUT2D eigenvalue weighted by atomic mass is 10.1. The smallest absolute Gasteiger partial charge is 0.236 e. The van der Waals surface area contributed by atoms with Gasteiger partial charge in [-0.1, -0.05) is 22.0 Å². The SMILES string of the molecule is Cc1cc(Br)ccc1CNC(=O)C(C)N.Cl. The van der Waals surface area contributed by atoms with E-state index in [4.69, 9.17) is 5.73 Å². The normalized spacial score (nSPS) is 11.5. The van der Waals surface area contributed by atoms with Crippen molar-refractivity contribution < 1.29 is 4.79 Å². The van der Waals surface area contributed by atoms with Crippen LogP contribution in [0.2, 0.25) is 0 Å². The van der Waals surface area contributed by atoms with Gasteiger partial charge in [-0.2, -0.15) is 0 Å². The van der Waals surface area contributed by atoms with Gasteiger partial charge < -0.3 is 11.1 Å². The monoisotopic (exact) mass is 306 g/mol. The van der Waals surface area contributed by atoms with E-state index in [2.05, 4.69) is 21.2 Å². The fourth-order valence-electron chi connectivity index (χ4n) is 1.20. The Hall–Kier alpha value is -0.580. The molecule has 0 aliphatic heterocycles.